The van der Waals surface area contributed by atoms with Gasteiger partial charge >= 0.3 is 0 Å². The molecule has 0 radical (unpaired) electrons. The molecule has 70 valence electrons. The number of nitrogens with two attached hydrogens (primary N) is 1. The van der Waals surface area contributed by atoms with Crippen molar-refractivity contribution in [2.24, 2.45) is 0 Å². The summed E-state index contributed by atoms with van der Waals surface area (Å²) in [5, 5.41) is 3.30. The quantitative estimate of drug-likeness (QED) is 0.707. The minimum Gasteiger partial charge on any atom is -0.397 e. The van der Waals surface area contributed by atoms with E-state index in [1.54, 1.807) is 18.5 Å². The zero-order valence-electron chi connectivity index (χ0n) is 7.36. The second-order valence-electron chi connectivity index (χ2n) is 3.17. The van der Waals surface area contributed by atoms with Gasteiger partial charge in [-0.05, 0) is 12.5 Å². The van der Waals surface area contributed by atoms with Gasteiger partial charge in [-0.25, -0.2) is 0 Å². The summed E-state index contributed by atoms with van der Waals surface area (Å²) >= 11 is 0. The molecule has 0 aromatic carbocycles. The van der Waals surface area contributed by atoms with Gasteiger partial charge in [0.2, 0.25) is 0 Å². The molecular formula is C9H13N3O. The van der Waals surface area contributed by atoms with Gasteiger partial charge in [-0.15, -0.1) is 0 Å². The summed E-state index contributed by atoms with van der Waals surface area (Å²) in [7, 11) is 0. The molecule has 4 nitrogen and oxygen atoms in total. The predicted molar refractivity (Wildman–Crippen MR) is 51.5 cm³/mol. The molecule has 1 aliphatic rings. The third-order valence-electron chi connectivity index (χ3n) is 2.14. The molecule has 1 aliphatic heterocycles. The molecule has 0 amide bonds. The van der Waals surface area contributed by atoms with Crippen LogP contribution in [0.25, 0.3) is 0 Å². The molecule has 4 heteroatoms. The van der Waals surface area contributed by atoms with Crippen LogP contribution in [0.1, 0.15) is 6.42 Å². The van der Waals surface area contributed by atoms with Gasteiger partial charge in [0, 0.05) is 12.8 Å². The lowest BCUT2D eigenvalue weighted by atomic mass is 10.2. The van der Waals surface area contributed by atoms with Crippen molar-refractivity contribution in [1.29, 1.82) is 0 Å². The van der Waals surface area contributed by atoms with Crippen molar-refractivity contribution >= 4 is 11.4 Å². The van der Waals surface area contributed by atoms with Crippen LogP contribution in [-0.2, 0) is 4.74 Å². The Bertz CT molecular complexity index is 284. The Kier molecular flexibility index (Phi) is 2.31. The molecule has 2 rings (SSSR count). The first kappa shape index (κ1) is 8.31. The van der Waals surface area contributed by atoms with Crippen LogP contribution in [0, 0.1) is 0 Å². The second kappa shape index (κ2) is 3.62. The lowest BCUT2D eigenvalue weighted by molar-refractivity contribution is 0.195. The highest BCUT2D eigenvalue weighted by Crippen LogP contribution is 2.18. The minimum atomic E-state index is 0.381. The number of hydrogen-bond donors (Lipinski definition) is 2. The fraction of sp³-hybridized carbons (Fsp3) is 0.444. The summed E-state index contributed by atoms with van der Waals surface area (Å²) in [6.45, 7) is 1.59. The van der Waals surface area contributed by atoms with Crippen LogP contribution < -0.4 is 11.1 Å². The number of pyridine rings is 1. The summed E-state index contributed by atoms with van der Waals surface area (Å²) in [5.74, 6) is 0. The van der Waals surface area contributed by atoms with Crippen molar-refractivity contribution in [3.05, 3.63) is 18.5 Å². The molecule has 0 bridgehead atoms. The molecule has 1 aromatic heterocycles. The maximum Gasteiger partial charge on any atom is 0.0763 e. The fourth-order valence-electron chi connectivity index (χ4n) is 1.39. The first-order valence-corrected chi connectivity index (χ1v) is 4.40. The summed E-state index contributed by atoms with van der Waals surface area (Å²) in [4.78, 5) is 4.00. The van der Waals surface area contributed by atoms with Crippen LogP contribution in [0.15, 0.2) is 18.5 Å². The topological polar surface area (TPSA) is 60.2 Å². The van der Waals surface area contributed by atoms with Crippen LogP contribution in [0.2, 0.25) is 0 Å². The number of nitrogens with zero attached hydrogens (tertiary/aromatic N) is 1. The highest BCUT2D eigenvalue weighted by atomic mass is 16.5. The monoisotopic (exact) mass is 179 g/mol. The maximum absolute atomic E-state index is 5.76. The van der Waals surface area contributed by atoms with Crippen molar-refractivity contribution in [2.45, 2.75) is 12.5 Å². The Morgan fingerprint density at radius 3 is 3.23 bits per heavy atom. The van der Waals surface area contributed by atoms with E-state index < -0.39 is 0 Å². The largest absolute Gasteiger partial charge is 0.397 e. The number of anilines is 2. The van der Waals surface area contributed by atoms with Gasteiger partial charge < -0.3 is 15.8 Å². The van der Waals surface area contributed by atoms with Gasteiger partial charge in [-0.2, -0.15) is 0 Å². The van der Waals surface area contributed by atoms with Crippen LogP contribution in [0.3, 0.4) is 0 Å². The van der Waals surface area contributed by atoms with E-state index in [4.69, 9.17) is 10.5 Å². The van der Waals surface area contributed by atoms with Crippen LogP contribution in [0.5, 0.6) is 0 Å². The van der Waals surface area contributed by atoms with E-state index in [0.29, 0.717) is 6.04 Å². The number of nitrogens with one attached hydrogen (secondary N) is 1. The number of rotatable bonds is 2. The summed E-state index contributed by atoms with van der Waals surface area (Å²) in [6.07, 6.45) is 4.47. The molecule has 1 aromatic rings. The Morgan fingerprint density at radius 2 is 2.54 bits per heavy atom. The standard InChI is InChI=1S/C9H13N3O/c10-8-1-3-11-5-9(8)12-7-2-4-13-6-7/h1,3,5,7,12H,2,4,6H2,(H2,10,11). The van der Waals surface area contributed by atoms with Gasteiger partial charge in [0.1, 0.15) is 0 Å². The Balaban J connectivity index is 2.04. The lowest BCUT2D eigenvalue weighted by Crippen LogP contribution is -2.19. The van der Waals surface area contributed by atoms with Gasteiger partial charge in [0.25, 0.3) is 0 Å². The maximum atomic E-state index is 5.76. The van der Waals surface area contributed by atoms with Gasteiger partial charge in [0.15, 0.2) is 0 Å². The summed E-state index contributed by atoms with van der Waals surface area (Å²) in [6, 6.07) is 2.17. The minimum absolute atomic E-state index is 0.381. The molecule has 1 unspecified atom stereocenters. The number of hydrogen-bond acceptors (Lipinski definition) is 4. The second-order valence-corrected chi connectivity index (χ2v) is 3.17. The molecule has 0 saturated carbocycles. The van der Waals surface area contributed by atoms with E-state index in [0.717, 1.165) is 31.0 Å². The van der Waals surface area contributed by atoms with Crippen molar-refractivity contribution in [3.8, 4) is 0 Å². The molecular weight excluding hydrogens is 166 g/mol. The SMILES string of the molecule is Nc1ccncc1NC1CCOC1. The van der Waals surface area contributed by atoms with E-state index >= 15 is 0 Å². The van der Waals surface area contributed by atoms with Gasteiger partial charge in [-0.1, -0.05) is 0 Å². The van der Waals surface area contributed by atoms with E-state index in [2.05, 4.69) is 10.3 Å². The van der Waals surface area contributed by atoms with Crippen molar-refractivity contribution in [3.63, 3.8) is 0 Å². The van der Waals surface area contributed by atoms with Crippen LogP contribution in [0.4, 0.5) is 11.4 Å². The smallest absolute Gasteiger partial charge is 0.0763 e. The first-order valence-electron chi connectivity index (χ1n) is 4.40. The fourth-order valence-corrected chi connectivity index (χ4v) is 1.39. The predicted octanol–water partition coefficient (Wildman–Crippen LogP) is 0.865. The lowest BCUT2D eigenvalue weighted by Gasteiger charge is -2.13. The zero-order valence-corrected chi connectivity index (χ0v) is 7.36. The average Bonchev–Trinajstić information content (AvgIpc) is 2.61. The van der Waals surface area contributed by atoms with Gasteiger partial charge in [0.05, 0.1) is 30.2 Å². The van der Waals surface area contributed by atoms with E-state index in [-0.39, 0.29) is 0 Å². The number of nitrogen functional groups attached to an aromatic ring is 1. The number of aromatic nitrogens is 1. The van der Waals surface area contributed by atoms with E-state index in [1.165, 1.54) is 0 Å². The molecule has 3 N–H and O–H groups in total. The number of ether oxygens (including phenoxy) is 1. The van der Waals surface area contributed by atoms with Crippen molar-refractivity contribution < 1.29 is 4.74 Å². The molecule has 0 aliphatic carbocycles. The van der Waals surface area contributed by atoms with Crippen molar-refractivity contribution in [2.75, 3.05) is 24.3 Å². The Labute approximate surface area is 77.1 Å². The first-order chi connectivity index (χ1) is 6.36. The third-order valence-corrected chi connectivity index (χ3v) is 2.14. The van der Waals surface area contributed by atoms with E-state index in [1.807, 2.05) is 0 Å². The van der Waals surface area contributed by atoms with Crippen LogP contribution in [-0.4, -0.2) is 24.2 Å². The summed E-state index contributed by atoms with van der Waals surface area (Å²) in [5.41, 5.74) is 7.39. The summed E-state index contributed by atoms with van der Waals surface area (Å²) < 4.78 is 5.25. The normalized spacial score (nSPS) is 21.7. The zero-order chi connectivity index (χ0) is 9.10. The Morgan fingerprint density at radius 1 is 1.62 bits per heavy atom. The molecule has 1 fully saturated rings. The highest BCUT2D eigenvalue weighted by molar-refractivity contribution is 5.64. The Hall–Kier alpha value is -1.29. The molecule has 1 saturated heterocycles. The highest BCUT2D eigenvalue weighted by Gasteiger charge is 2.15. The van der Waals surface area contributed by atoms with Crippen LogP contribution >= 0.6 is 0 Å². The van der Waals surface area contributed by atoms with Gasteiger partial charge in [-0.3, -0.25) is 4.98 Å². The third kappa shape index (κ3) is 1.89. The molecule has 13 heavy (non-hydrogen) atoms. The average molecular weight is 179 g/mol. The van der Waals surface area contributed by atoms with E-state index in [9.17, 15) is 0 Å². The van der Waals surface area contributed by atoms with Crippen molar-refractivity contribution in [1.82, 2.24) is 4.98 Å². The molecule has 2 heterocycles. The molecule has 0 spiro atoms. The molecule has 1 atom stereocenters.